The van der Waals surface area contributed by atoms with Crippen molar-refractivity contribution in [3.8, 4) is 0 Å². The maximum atomic E-state index is 12.1. The van der Waals surface area contributed by atoms with Gasteiger partial charge in [-0.3, -0.25) is 14.6 Å². The minimum Gasteiger partial charge on any atom is -0.323 e. The van der Waals surface area contributed by atoms with Gasteiger partial charge in [0.25, 0.3) is 5.91 Å². The first kappa shape index (κ1) is 12.5. The van der Waals surface area contributed by atoms with Crippen molar-refractivity contribution in [1.82, 2.24) is 19.8 Å². The van der Waals surface area contributed by atoms with Crippen LogP contribution >= 0.6 is 0 Å². The molecular formula is C12H16N4O2. The molecule has 1 saturated heterocycles. The fraction of sp³-hybridized carbons (Fsp3) is 0.500. The molecule has 0 atom stereocenters. The minimum atomic E-state index is -0.172. The van der Waals surface area contributed by atoms with Gasteiger partial charge in [-0.2, -0.15) is 0 Å². The molecule has 0 radical (unpaired) electrons. The maximum absolute atomic E-state index is 12.1. The van der Waals surface area contributed by atoms with Crippen LogP contribution in [-0.2, 0) is 4.79 Å². The van der Waals surface area contributed by atoms with Gasteiger partial charge in [-0.1, -0.05) is 6.92 Å². The predicted molar refractivity (Wildman–Crippen MR) is 64.7 cm³/mol. The van der Waals surface area contributed by atoms with E-state index < -0.39 is 0 Å². The zero-order chi connectivity index (χ0) is 13.1. The van der Waals surface area contributed by atoms with Crippen LogP contribution in [0.15, 0.2) is 12.4 Å². The highest BCUT2D eigenvalue weighted by atomic mass is 16.2. The number of hydrogen-bond donors (Lipinski definition) is 0. The van der Waals surface area contributed by atoms with E-state index in [-0.39, 0.29) is 11.8 Å². The van der Waals surface area contributed by atoms with Crippen molar-refractivity contribution in [3.05, 3.63) is 23.8 Å². The Labute approximate surface area is 106 Å². The molecule has 96 valence electrons. The Bertz CT molecular complexity index is 458. The summed E-state index contributed by atoms with van der Waals surface area (Å²) in [4.78, 5) is 35.0. The van der Waals surface area contributed by atoms with Gasteiger partial charge in [0.1, 0.15) is 5.69 Å². The Morgan fingerprint density at radius 1 is 1.22 bits per heavy atom. The van der Waals surface area contributed by atoms with E-state index in [0.717, 1.165) is 5.69 Å². The first-order valence-corrected chi connectivity index (χ1v) is 5.97. The van der Waals surface area contributed by atoms with Crippen LogP contribution in [0.3, 0.4) is 0 Å². The standard InChI is InChI=1S/C12H16N4O2/c1-3-11(17)15-4-5-16(8-15)12(18)10-7-13-9(2)6-14-10/h6-7H,3-5,8H2,1-2H3. The van der Waals surface area contributed by atoms with Gasteiger partial charge in [-0.15, -0.1) is 0 Å². The van der Waals surface area contributed by atoms with Crippen LogP contribution in [0.5, 0.6) is 0 Å². The van der Waals surface area contributed by atoms with Crippen LogP contribution < -0.4 is 0 Å². The summed E-state index contributed by atoms with van der Waals surface area (Å²) in [5.41, 5.74) is 1.10. The first-order chi connectivity index (χ1) is 8.61. The molecule has 0 bridgehead atoms. The van der Waals surface area contributed by atoms with E-state index in [1.807, 2.05) is 13.8 Å². The predicted octanol–water partition coefficient (Wildman–Crippen LogP) is 0.437. The molecule has 2 heterocycles. The van der Waals surface area contributed by atoms with Crippen molar-refractivity contribution in [2.75, 3.05) is 19.8 Å². The largest absolute Gasteiger partial charge is 0.323 e. The maximum Gasteiger partial charge on any atom is 0.275 e. The van der Waals surface area contributed by atoms with E-state index in [1.165, 1.54) is 6.20 Å². The quantitative estimate of drug-likeness (QED) is 0.761. The molecule has 2 rings (SSSR count). The molecule has 0 spiro atoms. The second kappa shape index (κ2) is 5.12. The molecule has 1 aromatic heterocycles. The SMILES string of the molecule is CCC(=O)N1CCN(C(=O)c2cnc(C)cn2)C1. The van der Waals surface area contributed by atoms with E-state index in [4.69, 9.17) is 0 Å². The molecule has 0 aromatic carbocycles. The van der Waals surface area contributed by atoms with Gasteiger partial charge in [0.15, 0.2) is 0 Å². The zero-order valence-corrected chi connectivity index (χ0v) is 10.6. The zero-order valence-electron chi connectivity index (χ0n) is 10.6. The number of aryl methyl sites for hydroxylation is 1. The van der Waals surface area contributed by atoms with Gasteiger partial charge in [0, 0.05) is 25.7 Å². The summed E-state index contributed by atoms with van der Waals surface area (Å²) in [6.45, 7) is 5.13. The van der Waals surface area contributed by atoms with Crippen LogP contribution in [0.4, 0.5) is 0 Å². The van der Waals surface area contributed by atoms with E-state index in [2.05, 4.69) is 9.97 Å². The van der Waals surface area contributed by atoms with Gasteiger partial charge in [0.2, 0.25) is 5.91 Å². The molecule has 2 amide bonds. The summed E-state index contributed by atoms with van der Waals surface area (Å²) in [5.74, 6) is -0.103. The fourth-order valence-electron chi connectivity index (χ4n) is 1.85. The second-order valence-corrected chi connectivity index (χ2v) is 4.26. The highest BCUT2D eigenvalue weighted by molar-refractivity contribution is 5.92. The Kier molecular flexibility index (Phi) is 3.55. The number of hydrogen-bond acceptors (Lipinski definition) is 4. The summed E-state index contributed by atoms with van der Waals surface area (Å²) in [5, 5.41) is 0. The number of carbonyl (C=O) groups is 2. The molecule has 0 N–H and O–H groups in total. The molecule has 1 aliphatic heterocycles. The van der Waals surface area contributed by atoms with Crippen LogP contribution in [-0.4, -0.2) is 51.3 Å². The molecule has 1 aromatic rings. The average Bonchev–Trinajstić information content (AvgIpc) is 2.87. The molecule has 1 aliphatic rings. The van der Waals surface area contributed by atoms with E-state index in [9.17, 15) is 9.59 Å². The van der Waals surface area contributed by atoms with Gasteiger partial charge >= 0.3 is 0 Å². The number of rotatable bonds is 2. The normalized spacial score (nSPS) is 15.0. The highest BCUT2D eigenvalue weighted by Gasteiger charge is 2.27. The van der Waals surface area contributed by atoms with Crippen molar-refractivity contribution in [3.63, 3.8) is 0 Å². The second-order valence-electron chi connectivity index (χ2n) is 4.26. The Morgan fingerprint density at radius 3 is 2.56 bits per heavy atom. The Morgan fingerprint density at radius 2 is 1.94 bits per heavy atom. The lowest BCUT2D eigenvalue weighted by molar-refractivity contribution is -0.130. The van der Waals surface area contributed by atoms with Crippen molar-refractivity contribution < 1.29 is 9.59 Å². The summed E-state index contributed by atoms with van der Waals surface area (Å²) in [7, 11) is 0. The third-order valence-corrected chi connectivity index (χ3v) is 2.92. The lowest BCUT2D eigenvalue weighted by Crippen LogP contribution is -2.34. The summed E-state index contributed by atoms with van der Waals surface area (Å²) in [6, 6.07) is 0. The monoisotopic (exact) mass is 248 g/mol. The van der Waals surface area contributed by atoms with Crippen molar-refractivity contribution in [1.29, 1.82) is 0 Å². The first-order valence-electron chi connectivity index (χ1n) is 5.97. The van der Waals surface area contributed by atoms with E-state index >= 15 is 0 Å². The molecule has 18 heavy (non-hydrogen) atoms. The molecule has 6 heteroatoms. The van der Waals surface area contributed by atoms with Crippen LogP contribution in [0, 0.1) is 6.92 Å². The summed E-state index contributed by atoms with van der Waals surface area (Å²) >= 11 is 0. The van der Waals surface area contributed by atoms with Crippen LogP contribution in [0.25, 0.3) is 0 Å². The van der Waals surface area contributed by atoms with Gasteiger partial charge in [0.05, 0.1) is 18.6 Å². The molecule has 1 fully saturated rings. The molecule has 0 unspecified atom stereocenters. The third-order valence-electron chi connectivity index (χ3n) is 2.92. The number of carbonyl (C=O) groups excluding carboxylic acids is 2. The highest BCUT2D eigenvalue weighted by Crippen LogP contribution is 2.10. The van der Waals surface area contributed by atoms with Gasteiger partial charge in [-0.05, 0) is 6.92 Å². The lowest BCUT2D eigenvalue weighted by atomic mass is 10.3. The van der Waals surface area contributed by atoms with Gasteiger partial charge in [-0.25, -0.2) is 4.98 Å². The topological polar surface area (TPSA) is 66.4 Å². The van der Waals surface area contributed by atoms with Crippen LogP contribution in [0.1, 0.15) is 29.5 Å². The summed E-state index contributed by atoms with van der Waals surface area (Å²) in [6.07, 6.45) is 3.51. The minimum absolute atomic E-state index is 0.0697. The van der Waals surface area contributed by atoms with Crippen molar-refractivity contribution in [2.24, 2.45) is 0 Å². The number of amides is 2. The third kappa shape index (κ3) is 2.47. The average molecular weight is 248 g/mol. The van der Waals surface area contributed by atoms with Crippen molar-refractivity contribution in [2.45, 2.75) is 20.3 Å². The molecule has 0 saturated carbocycles. The number of nitrogens with zero attached hydrogens (tertiary/aromatic N) is 4. The summed E-state index contributed by atoms with van der Waals surface area (Å²) < 4.78 is 0. The molecule has 6 nitrogen and oxygen atoms in total. The Hall–Kier alpha value is -1.98. The fourth-order valence-corrected chi connectivity index (χ4v) is 1.85. The molecule has 0 aliphatic carbocycles. The smallest absolute Gasteiger partial charge is 0.275 e. The Balaban J connectivity index is 2.03. The van der Waals surface area contributed by atoms with E-state index in [1.54, 1.807) is 16.0 Å². The van der Waals surface area contributed by atoms with Crippen LogP contribution in [0.2, 0.25) is 0 Å². The van der Waals surface area contributed by atoms with Gasteiger partial charge < -0.3 is 9.80 Å². The number of aromatic nitrogens is 2. The molecular weight excluding hydrogens is 232 g/mol. The lowest BCUT2D eigenvalue weighted by Gasteiger charge is -2.17. The van der Waals surface area contributed by atoms with E-state index in [0.29, 0.717) is 31.9 Å². The van der Waals surface area contributed by atoms with Crippen molar-refractivity contribution >= 4 is 11.8 Å².